The van der Waals surface area contributed by atoms with Crippen LogP contribution in [0.4, 0.5) is 4.39 Å². The summed E-state index contributed by atoms with van der Waals surface area (Å²) < 4.78 is 13.5. The van der Waals surface area contributed by atoms with Gasteiger partial charge in [0.1, 0.15) is 5.82 Å². The van der Waals surface area contributed by atoms with Gasteiger partial charge < -0.3 is 5.11 Å². The lowest BCUT2D eigenvalue weighted by Gasteiger charge is -2.00. The number of thiazole rings is 1. The molecule has 1 aromatic carbocycles. The van der Waals surface area contributed by atoms with Crippen LogP contribution < -0.4 is 0 Å². The maximum atomic E-state index is 13.5. The van der Waals surface area contributed by atoms with Crippen molar-refractivity contribution in [3.63, 3.8) is 0 Å². The van der Waals surface area contributed by atoms with Crippen LogP contribution in [0.1, 0.15) is 21.1 Å². The number of nitrogens with zero attached hydrogens (tertiary/aromatic N) is 1. The Balaban J connectivity index is 2.22. The molecule has 1 aromatic heterocycles. The first kappa shape index (κ1) is 12.0. The van der Waals surface area contributed by atoms with E-state index in [2.05, 4.69) is 4.98 Å². The molecule has 0 amide bonds. The standard InChI is InChI=1S/C11H7ClFNO2S/c12-7-2-1-6(9(13)4-7)3-8-5-17-10(14-8)11(15)16/h1-2,4-5H,3H2,(H,15,16). The fourth-order valence-corrected chi connectivity index (χ4v) is 2.16. The van der Waals surface area contributed by atoms with Gasteiger partial charge in [0, 0.05) is 16.8 Å². The average Bonchev–Trinajstić information content (AvgIpc) is 2.71. The van der Waals surface area contributed by atoms with E-state index in [1.165, 1.54) is 6.07 Å². The molecule has 0 spiro atoms. The van der Waals surface area contributed by atoms with Gasteiger partial charge in [-0.2, -0.15) is 0 Å². The van der Waals surface area contributed by atoms with Gasteiger partial charge >= 0.3 is 5.97 Å². The van der Waals surface area contributed by atoms with E-state index in [4.69, 9.17) is 16.7 Å². The van der Waals surface area contributed by atoms with Gasteiger partial charge in [-0.15, -0.1) is 11.3 Å². The molecular formula is C11H7ClFNO2S. The third-order valence-electron chi connectivity index (χ3n) is 2.12. The summed E-state index contributed by atoms with van der Waals surface area (Å²) in [5.74, 6) is -1.49. The van der Waals surface area contributed by atoms with Gasteiger partial charge in [0.25, 0.3) is 0 Å². The Kier molecular flexibility index (Phi) is 3.40. The van der Waals surface area contributed by atoms with Crippen LogP contribution >= 0.6 is 22.9 Å². The SMILES string of the molecule is O=C(O)c1nc(Cc2ccc(Cl)cc2F)cs1. The second kappa shape index (κ2) is 4.81. The summed E-state index contributed by atoms with van der Waals surface area (Å²) in [6.07, 6.45) is 0.257. The van der Waals surface area contributed by atoms with E-state index in [0.29, 0.717) is 16.3 Å². The average molecular weight is 272 g/mol. The van der Waals surface area contributed by atoms with Crippen molar-refractivity contribution < 1.29 is 14.3 Å². The molecule has 88 valence electrons. The molecule has 1 heterocycles. The first-order valence-corrected chi connectivity index (χ1v) is 5.93. The first-order valence-electron chi connectivity index (χ1n) is 4.68. The van der Waals surface area contributed by atoms with Gasteiger partial charge in [0.2, 0.25) is 5.01 Å². The van der Waals surface area contributed by atoms with Crippen molar-refractivity contribution in [2.45, 2.75) is 6.42 Å². The second-order valence-corrected chi connectivity index (χ2v) is 4.66. The molecule has 17 heavy (non-hydrogen) atoms. The number of rotatable bonds is 3. The van der Waals surface area contributed by atoms with Gasteiger partial charge in [-0.3, -0.25) is 0 Å². The molecule has 0 unspecified atom stereocenters. The number of benzene rings is 1. The van der Waals surface area contributed by atoms with E-state index in [0.717, 1.165) is 11.3 Å². The highest BCUT2D eigenvalue weighted by atomic mass is 35.5. The fraction of sp³-hybridized carbons (Fsp3) is 0.0909. The quantitative estimate of drug-likeness (QED) is 0.932. The molecule has 2 rings (SSSR count). The molecular weight excluding hydrogens is 265 g/mol. The van der Waals surface area contributed by atoms with Gasteiger partial charge in [0.15, 0.2) is 0 Å². The number of aromatic carboxylic acids is 1. The molecule has 1 N–H and O–H groups in total. The Morgan fingerprint density at radius 2 is 2.29 bits per heavy atom. The third-order valence-corrected chi connectivity index (χ3v) is 3.24. The highest BCUT2D eigenvalue weighted by molar-refractivity contribution is 7.11. The van der Waals surface area contributed by atoms with Crippen LogP contribution in [0.3, 0.4) is 0 Å². The van der Waals surface area contributed by atoms with Gasteiger partial charge in [-0.05, 0) is 17.7 Å². The van der Waals surface area contributed by atoms with E-state index < -0.39 is 11.8 Å². The Morgan fingerprint density at radius 1 is 1.53 bits per heavy atom. The summed E-state index contributed by atoms with van der Waals surface area (Å²) in [4.78, 5) is 14.5. The summed E-state index contributed by atoms with van der Waals surface area (Å²) in [6, 6.07) is 4.38. The number of carbonyl (C=O) groups is 1. The summed E-state index contributed by atoms with van der Waals surface area (Å²) in [5.41, 5.74) is 0.977. The molecule has 0 aliphatic rings. The number of carboxylic acid groups (broad SMARTS) is 1. The van der Waals surface area contributed by atoms with Crippen molar-refractivity contribution in [2.24, 2.45) is 0 Å². The molecule has 0 bridgehead atoms. The van der Waals surface area contributed by atoms with Crippen LogP contribution in [0.25, 0.3) is 0 Å². The maximum Gasteiger partial charge on any atom is 0.365 e. The molecule has 6 heteroatoms. The molecule has 0 radical (unpaired) electrons. The molecule has 0 saturated carbocycles. The first-order chi connectivity index (χ1) is 8.06. The molecule has 2 aromatic rings. The lowest BCUT2D eigenvalue weighted by molar-refractivity contribution is 0.0696. The van der Waals surface area contributed by atoms with Crippen LogP contribution in [0.15, 0.2) is 23.6 Å². The summed E-state index contributed by atoms with van der Waals surface area (Å²) >= 11 is 6.66. The van der Waals surface area contributed by atoms with E-state index >= 15 is 0 Å². The summed E-state index contributed by atoms with van der Waals surface area (Å²) in [5, 5.41) is 10.7. The van der Waals surface area contributed by atoms with Crippen LogP contribution in [0.2, 0.25) is 5.02 Å². The highest BCUT2D eigenvalue weighted by Crippen LogP contribution is 2.19. The zero-order valence-electron chi connectivity index (χ0n) is 8.48. The summed E-state index contributed by atoms with van der Waals surface area (Å²) in [7, 11) is 0. The van der Waals surface area contributed by atoms with Crippen molar-refractivity contribution in [1.82, 2.24) is 4.98 Å². The van der Waals surface area contributed by atoms with E-state index in [1.807, 2.05) is 0 Å². The lowest BCUT2D eigenvalue weighted by atomic mass is 10.1. The maximum absolute atomic E-state index is 13.5. The number of carboxylic acids is 1. The van der Waals surface area contributed by atoms with E-state index in [-0.39, 0.29) is 11.4 Å². The molecule has 0 fully saturated rings. The summed E-state index contributed by atoms with van der Waals surface area (Å²) in [6.45, 7) is 0. The van der Waals surface area contributed by atoms with Crippen LogP contribution in [0, 0.1) is 5.82 Å². The zero-order valence-corrected chi connectivity index (χ0v) is 10.1. The Hall–Kier alpha value is -1.46. The van der Waals surface area contributed by atoms with Crippen molar-refractivity contribution in [1.29, 1.82) is 0 Å². The van der Waals surface area contributed by atoms with Crippen LogP contribution in [-0.2, 0) is 6.42 Å². The van der Waals surface area contributed by atoms with Gasteiger partial charge in [-0.1, -0.05) is 17.7 Å². The Bertz CT molecular complexity index is 570. The van der Waals surface area contributed by atoms with Gasteiger partial charge in [0.05, 0.1) is 5.69 Å². The molecule has 0 aliphatic carbocycles. The largest absolute Gasteiger partial charge is 0.476 e. The predicted octanol–water partition coefficient (Wildman–Crippen LogP) is 3.22. The minimum atomic E-state index is -1.07. The second-order valence-electron chi connectivity index (χ2n) is 3.36. The van der Waals surface area contributed by atoms with E-state index in [9.17, 15) is 9.18 Å². The zero-order chi connectivity index (χ0) is 12.4. The van der Waals surface area contributed by atoms with Crippen molar-refractivity contribution in [3.8, 4) is 0 Å². The molecule has 3 nitrogen and oxygen atoms in total. The van der Waals surface area contributed by atoms with E-state index in [1.54, 1.807) is 17.5 Å². The third kappa shape index (κ3) is 2.81. The minimum absolute atomic E-state index is 0.00868. The van der Waals surface area contributed by atoms with Crippen molar-refractivity contribution in [2.75, 3.05) is 0 Å². The normalized spacial score (nSPS) is 10.5. The number of hydrogen-bond donors (Lipinski definition) is 1. The molecule has 0 aliphatic heterocycles. The molecule has 0 saturated heterocycles. The number of aromatic nitrogens is 1. The topological polar surface area (TPSA) is 50.2 Å². The monoisotopic (exact) mass is 271 g/mol. The van der Waals surface area contributed by atoms with Crippen LogP contribution in [-0.4, -0.2) is 16.1 Å². The fourth-order valence-electron chi connectivity index (χ4n) is 1.35. The lowest BCUT2D eigenvalue weighted by Crippen LogP contribution is -1.97. The Labute approximate surface area is 106 Å². The van der Waals surface area contributed by atoms with Crippen molar-refractivity contribution in [3.05, 3.63) is 50.7 Å². The van der Waals surface area contributed by atoms with Crippen molar-refractivity contribution >= 4 is 28.9 Å². The van der Waals surface area contributed by atoms with Crippen LogP contribution in [0.5, 0.6) is 0 Å². The smallest absolute Gasteiger partial charge is 0.365 e. The predicted molar refractivity (Wildman–Crippen MR) is 63.3 cm³/mol. The molecule has 0 atom stereocenters. The Morgan fingerprint density at radius 3 is 2.88 bits per heavy atom. The number of hydrogen-bond acceptors (Lipinski definition) is 3. The van der Waals surface area contributed by atoms with Gasteiger partial charge in [-0.25, -0.2) is 14.2 Å². The number of halogens is 2. The minimum Gasteiger partial charge on any atom is -0.476 e. The highest BCUT2D eigenvalue weighted by Gasteiger charge is 2.11.